The second-order valence-corrected chi connectivity index (χ2v) is 8.97. The summed E-state index contributed by atoms with van der Waals surface area (Å²) in [7, 11) is 0. The molecule has 0 saturated carbocycles. The fraction of sp³-hybridized carbons (Fsp3) is 0.333. The maximum atomic E-state index is 13.6. The third-order valence-electron chi connectivity index (χ3n) is 5.79. The van der Waals surface area contributed by atoms with E-state index in [2.05, 4.69) is 6.58 Å². The van der Waals surface area contributed by atoms with Crippen molar-refractivity contribution < 1.29 is 19.1 Å². The number of hydrogen-bond donors (Lipinski definition) is 0. The van der Waals surface area contributed by atoms with E-state index < -0.39 is 11.6 Å². The van der Waals surface area contributed by atoms with Crippen molar-refractivity contribution in [3.8, 4) is 11.1 Å². The zero-order chi connectivity index (χ0) is 23.6. The molecular formula is C27H29ClO4. The van der Waals surface area contributed by atoms with E-state index in [1.807, 2.05) is 56.3 Å². The minimum absolute atomic E-state index is 0.0996. The highest BCUT2D eigenvalue weighted by Gasteiger charge is 2.43. The zero-order valence-corrected chi connectivity index (χ0v) is 20.0. The first kappa shape index (κ1) is 23.8. The minimum atomic E-state index is -1.13. The Kier molecular flexibility index (Phi) is 6.94. The standard InChI is InChI=1S/C27H29ClO4/c1-7-16(3)26(30)31-24-17(4)32-27(5,6)25(29)23(24)22-15-20(10-9-18(22)8-2)19-11-13-21(28)14-12-19/h9-16H,4,7-8H2,1-3,5-6H3. The Morgan fingerprint density at radius 2 is 1.75 bits per heavy atom. The second kappa shape index (κ2) is 9.33. The number of Topliss-reactive ketones (excluding diaryl/α,β-unsaturated/α-hetero) is 1. The predicted octanol–water partition coefficient (Wildman–Crippen LogP) is 6.76. The average molecular weight is 453 g/mol. The molecule has 0 saturated heterocycles. The van der Waals surface area contributed by atoms with Gasteiger partial charge in [0, 0.05) is 5.02 Å². The van der Waals surface area contributed by atoms with Crippen molar-refractivity contribution in [1.82, 2.24) is 0 Å². The molecule has 3 rings (SSSR count). The van der Waals surface area contributed by atoms with Gasteiger partial charge in [0.15, 0.2) is 17.1 Å². The van der Waals surface area contributed by atoms with Crippen molar-refractivity contribution in [1.29, 1.82) is 0 Å². The van der Waals surface area contributed by atoms with Crippen molar-refractivity contribution in [3.05, 3.63) is 76.7 Å². The van der Waals surface area contributed by atoms with Gasteiger partial charge < -0.3 is 9.47 Å². The maximum absolute atomic E-state index is 13.6. The Hall–Kier alpha value is -2.85. The number of carbonyl (C=O) groups excluding carboxylic acids is 2. The van der Waals surface area contributed by atoms with Crippen LogP contribution >= 0.6 is 11.6 Å². The first-order valence-corrected chi connectivity index (χ1v) is 11.2. The molecule has 0 aliphatic carbocycles. The number of ether oxygens (including phenoxy) is 2. The van der Waals surface area contributed by atoms with Crippen LogP contribution in [0.4, 0.5) is 0 Å². The van der Waals surface area contributed by atoms with Crippen LogP contribution in [0.2, 0.25) is 5.02 Å². The summed E-state index contributed by atoms with van der Waals surface area (Å²) < 4.78 is 11.5. The molecule has 1 aliphatic rings. The van der Waals surface area contributed by atoms with Crippen LogP contribution < -0.4 is 0 Å². The number of benzene rings is 2. The Morgan fingerprint density at radius 3 is 2.34 bits per heavy atom. The molecule has 5 heteroatoms. The van der Waals surface area contributed by atoms with E-state index in [4.69, 9.17) is 21.1 Å². The van der Waals surface area contributed by atoms with Crippen molar-refractivity contribution >= 4 is 28.9 Å². The topological polar surface area (TPSA) is 52.6 Å². The third kappa shape index (κ3) is 4.66. The van der Waals surface area contributed by atoms with Gasteiger partial charge in [-0.3, -0.25) is 9.59 Å². The first-order chi connectivity index (χ1) is 15.1. The highest BCUT2D eigenvalue weighted by molar-refractivity contribution is 6.30. The molecule has 0 aromatic heterocycles. The van der Waals surface area contributed by atoms with Gasteiger partial charge in [-0.1, -0.05) is 63.2 Å². The van der Waals surface area contributed by atoms with Crippen LogP contribution in [0.3, 0.4) is 0 Å². The number of carbonyl (C=O) groups is 2. The van der Waals surface area contributed by atoms with Crippen LogP contribution in [0.25, 0.3) is 16.7 Å². The quantitative estimate of drug-likeness (QED) is 0.454. The van der Waals surface area contributed by atoms with E-state index in [9.17, 15) is 9.59 Å². The van der Waals surface area contributed by atoms with E-state index in [0.29, 0.717) is 23.4 Å². The molecule has 4 nitrogen and oxygen atoms in total. The lowest BCUT2D eigenvalue weighted by atomic mass is 9.84. The van der Waals surface area contributed by atoms with Gasteiger partial charge in [0.2, 0.25) is 5.78 Å². The van der Waals surface area contributed by atoms with Crippen LogP contribution in [-0.2, 0) is 25.5 Å². The Bertz CT molecular complexity index is 1090. The number of hydrogen-bond acceptors (Lipinski definition) is 4. The number of esters is 1. The van der Waals surface area contributed by atoms with Gasteiger partial charge in [0.25, 0.3) is 0 Å². The fourth-order valence-corrected chi connectivity index (χ4v) is 3.73. The van der Waals surface area contributed by atoms with Gasteiger partial charge in [0.05, 0.1) is 11.5 Å². The Balaban J connectivity index is 2.24. The normalized spacial score (nSPS) is 16.6. The lowest BCUT2D eigenvalue weighted by molar-refractivity contribution is -0.145. The molecular weight excluding hydrogens is 424 g/mol. The number of rotatable bonds is 6. The monoisotopic (exact) mass is 452 g/mol. The number of aryl methyl sites for hydroxylation is 1. The number of halogens is 1. The van der Waals surface area contributed by atoms with Crippen LogP contribution in [-0.4, -0.2) is 17.4 Å². The van der Waals surface area contributed by atoms with Crippen LogP contribution in [0.5, 0.6) is 0 Å². The number of ketones is 1. The van der Waals surface area contributed by atoms with E-state index in [0.717, 1.165) is 22.3 Å². The van der Waals surface area contributed by atoms with E-state index in [1.165, 1.54) is 0 Å². The van der Waals surface area contributed by atoms with Crippen molar-refractivity contribution in [2.75, 3.05) is 0 Å². The molecule has 0 fully saturated rings. The molecule has 0 N–H and O–H groups in total. The Morgan fingerprint density at radius 1 is 1.12 bits per heavy atom. The molecule has 32 heavy (non-hydrogen) atoms. The molecule has 2 aromatic rings. The SMILES string of the molecule is C=C1OC(C)(C)C(=O)C(c2cc(-c3ccc(Cl)cc3)ccc2CC)=C1OC(=O)C(C)CC. The van der Waals surface area contributed by atoms with Gasteiger partial charge >= 0.3 is 5.97 Å². The molecule has 0 amide bonds. The third-order valence-corrected chi connectivity index (χ3v) is 6.04. The molecule has 0 bridgehead atoms. The van der Waals surface area contributed by atoms with Crippen LogP contribution in [0.15, 0.2) is 60.6 Å². The summed E-state index contributed by atoms with van der Waals surface area (Å²) in [4.78, 5) is 26.2. The van der Waals surface area contributed by atoms with E-state index >= 15 is 0 Å². The summed E-state index contributed by atoms with van der Waals surface area (Å²) in [6.07, 6.45) is 1.33. The molecule has 1 atom stereocenters. The minimum Gasteiger partial charge on any atom is -0.476 e. The highest BCUT2D eigenvalue weighted by atomic mass is 35.5. The van der Waals surface area contributed by atoms with E-state index in [1.54, 1.807) is 20.8 Å². The molecule has 1 unspecified atom stereocenters. The van der Waals surface area contributed by atoms with Crippen molar-refractivity contribution in [3.63, 3.8) is 0 Å². The predicted molar refractivity (Wildman–Crippen MR) is 128 cm³/mol. The molecule has 0 radical (unpaired) electrons. The van der Waals surface area contributed by atoms with Gasteiger partial charge in [-0.15, -0.1) is 0 Å². The van der Waals surface area contributed by atoms with Crippen molar-refractivity contribution in [2.24, 2.45) is 5.92 Å². The average Bonchev–Trinajstić information content (AvgIpc) is 2.77. The summed E-state index contributed by atoms with van der Waals surface area (Å²) in [5.41, 5.74) is 2.78. The first-order valence-electron chi connectivity index (χ1n) is 10.9. The van der Waals surface area contributed by atoms with Gasteiger partial charge in [-0.2, -0.15) is 0 Å². The maximum Gasteiger partial charge on any atom is 0.314 e. The largest absolute Gasteiger partial charge is 0.476 e. The molecule has 2 aromatic carbocycles. The van der Waals surface area contributed by atoms with Gasteiger partial charge in [0.1, 0.15) is 0 Å². The summed E-state index contributed by atoms with van der Waals surface area (Å²) in [6.45, 7) is 13.1. The van der Waals surface area contributed by atoms with Gasteiger partial charge in [-0.05, 0) is 67.1 Å². The second-order valence-electron chi connectivity index (χ2n) is 8.53. The fourth-order valence-electron chi connectivity index (χ4n) is 3.60. The van der Waals surface area contributed by atoms with Gasteiger partial charge in [-0.25, -0.2) is 0 Å². The lowest BCUT2D eigenvalue weighted by Crippen LogP contribution is -2.40. The summed E-state index contributed by atoms with van der Waals surface area (Å²) >= 11 is 6.05. The molecule has 0 spiro atoms. The summed E-state index contributed by atoms with van der Waals surface area (Å²) in [5.74, 6) is -0.695. The summed E-state index contributed by atoms with van der Waals surface area (Å²) in [6, 6.07) is 13.5. The highest BCUT2D eigenvalue weighted by Crippen LogP contribution is 2.40. The zero-order valence-electron chi connectivity index (χ0n) is 19.3. The van der Waals surface area contributed by atoms with Crippen LogP contribution in [0.1, 0.15) is 52.2 Å². The summed E-state index contributed by atoms with van der Waals surface area (Å²) in [5, 5.41) is 0.652. The van der Waals surface area contributed by atoms with E-state index in [-0.39, 0.29) is 23.2 Å². The molecule has 1 aliphatic heterocycles. The molecule has 168 valence electrons. The Labute approximate surface area is 194 Å². The smallest absolute Gasteiger partial charge is 0.314 e. The van der Waals surface area contributed by atoms with Crippen molar-refractivity contribution in [2.45, 2.75) is 53.1 Å². The van der Waals surface area contributed by atoms with Crippen LogP contribution in [0, 0.1) is 5.92 Å². The lowest BCUT2D eigenvalue weighted by Gasteiger charge is -2.34. The molecule has 1 heterocycles.